The maximum atomic E-state index is 12.0. The zero-order chi connectivity index (χ0) is 14.0. The third-order valence-corrected chi connectivity index (χ3v) is 4.83. The van der Waals surface area contributed by atoms with Crippen molar-refractivity contribution < 1.29 is 9.53 Å². The number of nitrogens with zero attached hydrogens (tertiary/aromatic N) is 3. The second-order valence-corrected chi connectivity index (χ2v) is 5.94. The molecule has 1 aliphatic heterocycles. The van der Waals surface area contributed by atoms with Gasteiger partial charge in [-0.05, 0) is 13.3 Å². The fraction of sp³-hybridized carbons (Fsp3) is 0.667. The summed E-state index contributed by atoms with van der Waals surface area (Å²) in [6.07, 6.45) is 0.830. The Kier molecular flexibility index (Phi) is 4.76. The van der Waals surface area contributed by atoms with Crippen molar-refractivity contribution in [2.24, 2.45) is 7.05 Å². The average Bonchev–Trinajstić information content (AvgIpc) is 2.83. The lowest BCUT2D eigenvalue weighted by molar-refractivity contribution is -0.128. The van der Waals surface area contributed by atoms with Crippen LogP contribution in [0.1, 0.15) is 23.1 Å². The van der Waals surface area contributed by atoms with Gasteiger partial charge >= 0.3 is 0 Å². The van der Waals surface area contributed by atoms with Crippen molar-refractivity contribution in [3.8, 4) is 0 Å². The number of rotatable bonds is 5. The zero-order valence-corrected chi connectivity index (χ0v) is 12.9. The molecule has 1 aromatic rings. The van der Waals surface area contributed by atoms with E-state index in [0.717, 1.165) is 17.7 Å². The Bertz CT molecular complexity index is 478. The van der Waals surface area contributed by atoms with Gasteiger partial charge in [-0.1, -0.05) is 11.6 Å². The van der Waals surface area contributed by atoms with Crippen LogP contribution in [0.5, 0.6) is 0 Å². The summed E-state index contributed by atoms with van der Waals surface area (Å²) in [5, 5.41) is 4.91. The molecule has 0 bridgehead atoms. The lowest BCUT2D eigenvalue weighted by Gasteiger charge is -2.23. The van der Waals surface area contributed by atoms with Gasteiger partial charge in [0.15, 0.2) is 0 Å². The van der Waals surface area contributed by atoms with Gasteiger partial charge in [-0.3, -0.25) is 9.48 Å². The van der Waals surface area contributed by atoms with Gasteiger partial charge in [0.25, 0.3) is 0 Å². The second kappa shape index (κ2) is 6.15. The van der Waals surface area contributed by atoms with E-state index in [2.05, 4.69) is 5.10 Å². The fourth-order valence-corrected chi connectivity index (χ4v) is 3.90. The zero-order valence-electron chi connectivity index (χ0n) is 11.4. The number of halogens is 1. The predicted molar refractivity (Wildman–Crippen MR) is 76.4 cm³/mol. The van der Waals surface area contributed by atoms with Crippen LogP contribution in [0.15, 0.2) is 0 Å². The van der Waals surface area contributed by atoms with E-state index in [-0.39, 0.29) is 11.3 Å². The van der Waals surface area contributed by atoms with Crippen molar-refractivity contribution in [1.82, 2.24) is 14.7 Å². The van der Waals surface area contributed by atoms with E-state index in [4.69, 9.17) is 16.3 Å². The van der Waals surface area contributed by atoms with Crippen LogP contribution < -0.4 is 0 Å². The second-order valence-electron chi connectivity index (χ2n) is 4.51. The number of carbonyl (C=O) groups is 1. The van der Waals surface area contributed by atoms with Crippen molar-refractivity contribution in [3.05, 3.63) is 16.4 Å². The van der Waals surface area contributed by atoms with Crippen molar-refractivity contribution in [1.29, 1.82) is 0 Å². The molecule has 2 heterocycles. The van der Waals surface area contributed by atoms with Crippen molar-refractivity contribution in [3.63, 3.8) is 0 Å². The van der Waals surface area contributed by atoms with Gasteiger partial charge < -0.3 is 9.64 Å². The topological polar surface area (TPSA) is 47.4 Å². The summed E-state index contributed by atoms with van der Waals surface area (Å²) in [7, 11) is 3.48. The van der Waals surface area contributed by atoms with E-state index in [0.29, 0.717) is 24.1 Å². The van der Waals surface area contributed by atoms with Crippen LogP contribution in [-0.4, -0.2) is 46.6 Å². The fourth-order valence-electron chi connectivity index (χ4n) is 2.24. The maximum absolute atomic E-state index is 12.0. The van der Waals surface area contributed by atoms with Gasteiger partial charge in [0, 0.05) is 32.9 Å². The molecule has 1 aliphatic rings. The molecule has 0 aromatic carbocycles. The molecular formula is C12H18ClN3O2S. The Labute approximate surface area is 122 Å². The number of amides is 1. The minimum atomic E-state index is -0.0226. The molecule has 7 heteroatoms. The van der Waals surface area contributed by atoms with Crippen LogP contribution in [0.3, 0.4) is 0 Å². The molecule has 0 N–H and O–H groups in total. The van der Waals surface area contributed by atoms with E-state index in [9.17, 15) is 4.79 Å². The summed E-state index contributed by atoms with van der Waals surface area (Å²) >= 11 is 7.90. The Morgan fingerprint density at radius 1 is 1.58 bits per heavy atom. The number of aryl methyl sites for hydroxylation is 2. The third kappa shape index (κ3) is 2.90. The van der Waals surface area contributed by atoms with Gasteiger partial charge in [0.1, 0.15) is 10.5 Å². The molecule has 106 valence electrons. The molecule has 19 heavy (non-hydrogen) atoms. The first-order chi connectivity index (χ1) is 9.06. The molecule has 1 unspecified atom stereocenters. The molecule has 0 aliphatic carbocycles. The molecule has 1 amide bonds. The first-order valence-corrected chi connectivity index (χ1v) is 7.58. The molecular weight excluding hydrogens is 286 g/mol. The largest absolute Gasteiger partial charge is 0.385 e. The van der Waals surface area contributed by atoms with Crippen molar-refractivity contribution in [2.45, 2.75) is 18.7 Å². The van der Waals surface area contributed by atoms with E-state index >= 15 is 0 Å². The molecule has 0 radical (unpaired) electrons. The number of hydrogen-bond acceptors (Lipinski definition) is 4. The highest BCUT2D eigenvalue weighted by atomic mass is 35.5. The Hall–Kier alpha value is -0.720. The lowest BCUT2D eigenvalue weighted by Crippen LogP contribution is -2.30. The quantitative estimate of drug-likeness (QED) is 0.781. The summed E-state index contributed by atoms with van der Waals surface area (Å²) in [4.78, 5) is 13.9. The Morgan fingerprint density at radius 3 is 2.89 bits per heavy atom. The number of methoxy groups -OCH3 is 1. The summed E-state index contributed by atoms with van der Waals surface area (Å²) in [5.74, 6) is 0.660. The molecule has 1 aromatic heterocycles. The maximum Gasteiger partial charge on any atom is 0.233 e. The summed E-state index contributed by atoms with van der Waals surface area (Å²) in [6, 6.07) is 0. The van der Waals surface area contributed by atoms with Crippen molar-refractivity contribution >= 4 is 29.3 Å². The van der Waals surface area contributed by atoms with Gasteiger partial charge in [-0.2, -0.15) is 5.10 Å². The predicted octanol–water partition coefficient (Wildman–Crippen LogP) is 1.99. The van der Waals surface area contributed by atoms with E-state index in [1.54, 1.807) is 23.6 Å². The summed E-state index contributed by atoms with van der Waals surface area (Å²) in [6.45, 7) is 3.27. The molecule has 1 atom stereocenters. The number of hydrogen-bond donors (Lipinski definition) is 0. The van der Waals surface area contributed by atoms with Gasteiger partial charge in [0.05, 0.1) is 11.4 Å². The number of ether oxygens (including phenoxy) is 1. The van der Waals surface area contributed by atoms with Crippen molar-refractivity contribution in [2.75, 3.05) is 26.0 Å². The average molecular weight is 304 g/mol. The smallest absolute Gasteiger partial charge is 0.233 e. The minimum absolute atomic E-state index is 0.0226. The SMILES string of the molecule is COCCCN1C(=O)CSC1c1c(C)nn(C)c1Cl. The highest BCUT2D eigenvalue weighted by molar-refractivity contribution is 8.00. The van der Waals surface area contributed by atoms with Gasteiger partial charge in [-0.15, -0.1) is 11.8 Å². The monoisotopic (exact) mass is 303 g/mol. The highest BCUT2D eigenvalue weighted by Crippen LogP contribution is 2.42. The molecule has 2 rings (SSSR count). The number of aromatic nitrogens is 2. The molecule has 1 saturated heterocycles. The normalized spacial score (nSPS) is 19.5. The van der Waals surface area contributed by atoms with Gasteiger partial charge in [-0.25, -0.2) is 0 Å². The van der Waals surface area contributed by atoms with Crippen LogP contribution in [0, 0.1) is 6.92 Å². The Balaban J connectivity index is 2.20. The van der Waals surface area contributed by atoms with Crippen LogP contribution in [0.25, 0.3) is 0 Å². The van der Waals surface area contributed by atoms with Crippen LogP contribution in [0.2, 0.25) is 5.15 Å². The number of thioether (sulfide) groups is 1. The molecule has 1 fully saturated rings. The van der Waals surface area contributed by atoms with Crippen LogP contribution in [0.4, 0.5) is 0 Å². The first-order valence-electron chi connectivity index (χ1n) is 6.15. The van der Waals surface area contributed by atoms with E-state index < -0.39 is 0 Å². The third-order valence-electron chi connectivity index (χ3n) is 3.16. The van der Waals surface area contributed by atoms with E-state index in [1.807, 2.05) is 18.9 Å². The molecule has 0 spiro atoms. The van der Waals surface area contributed by atoms with E-state index in [1.165, 1.54) is 0 Å². The minimum Gasteiger partial charge on any atom is -0.385 e. The highest BCUT2D eigenvalue weighted by Gasteiger charge is 2.36. The van der Waals surface area contributed by atoms with Gasteiger partial charge in [0.2, 0.25) is 5.91 Å². The standard InChI is InChI=1S/C12H18ClN3O2S/c1-8-10(11(13)15(2)14-8)12-16(5-4-6-18-3)9(17)7-19-12/h12H,4-7H2,1-3H3. The molecule has 5 nitrogen and oxygen atoms in total. The van der Waals surface area contributed by atoms with Crippen LogP contribution in [-0.2, 0) is 16.6 Å². The first kappa shape index (κ1) is 14.7. The van der Waals surface area contributed by atoms with Crippen LogP contribution >= 0.6 is 23.4 Å². The summed E-state index contributed by atoms with van der Waals surface area (Å²) < 4.78 is 6.70. The number of carbonyl (C=O) groups excluding carboxylic acids is 1. The Morgan fingerprint density at radius 2 is 2.32 bits per heavy atom. The molecule has 0 saturated carbocycles. The summed E-state index contributed by atoms with van der Waals surface area (Å²) in [5.41, 5.74) is 1.84. The lowest BCUT2D eigenvalue weighted by atomic mass is 10.2.